The third-order valence-corrected chi connectivity index (χ3v) is 5.86. The third-order valence-electron chi connectivity index (χ3n) is 5.86. The van der Waals surface area contributed by atoms with E-state index in [1.165, 1.54) is 11.3 Å². The van der Waals surface area contributed by atoms with Crippen molar-refractivity contribution in [2.75, 3.05) is 18.0 Å². The molecule has 4 rings (SSSR count). The van der Waals surface area contributed by atoms with Crippen LogP contribution >= 0.6 is 24.0 Å². The van der Waals surface area contributed by atoms with Crippen molar-refractivity contribution in [1.82, 2.24) is 25.4 Å². The number of anilines is 1. The smallest absolute Gasteiger partial charge is 0.192 e. The van der Waals surface area contributed by atoms with E-state index in [1.807, 2.05) is 24.6 Å². The topological polar surface area (TPSA) is 70.4 Å². The fourth-order valence-corrected chi connectivity index (χ4v) is 3.85. The number of guanidine groups is 1. The Hall–Kier alpha value is -2.62. The second kappa shape index (κ2) is 11.3. The van der Waals surface area contributed by atoms with Crippen molar-refractivity contribution >= 4 is 35.6 Å². The SMILES string of the molecule is Cc1nnc(CN=C(NC2CCN(c3ccccc3)C2)NC(C)c2ccccc2)n1C.I. The molecule has 2 heterocycles. The van der Waals surface area contributed by atoms with Crippen molar-refractivity contribution in [2.24, 2.45) is 12.0 Å². The van der Waals surface area contributed by atoms with Crippen LogP contribution in [0.2, 0.25) is 0 Å². The second-order valence-corrected chi connectivity index (χ2v) is 8.08. The van der Waals surface area contributed by atoms with Crippen molar-refractivity contribution < 1.29 is 0 Å². The van der Waals surface area contributed by atoms with Crippen LogP contribution in [0.4, 0.5) is 5.69 Å². The maximum Gasteiger partial charge on any atom is 0.192 e. The molecule has 2 N–H and O–H groups in total. The molecule has 2 aromatic carbocycles. The molecule has 3 aromatic rings. The number of nitrogens with zero attached hydrogens (tertiary/aromatic N) is 5. The van der Waals surface area contributed by atoms with E-state index < -0.39 is 0 Å². The molecular formula is C24H32IN7. The highest BCUT2D eigenvalue weighted by Gasteiger charge is 2.24. The summed E-state index contributed by atoms with van der Waals surface area (Å²) in [6, 6.07) is 21.5. The van der Waals surface area contributed by atoms with Gasteiger partial charge in [-0.05, 0) is 38.0 Å². The summed E-state index contributed by atoms with van der Waals surface area (Å²) in [4.78, 5) is 7.27. The lowest BCUT2D eigenvalue weighted by Gasteiger charge is -2.23. The van der Waals surface area contributed by atoms with Gasteiger partial charge in [0, 0.05) is 31.9 Å². The van der Waals surface area contributed by atoms with Gasteiger partial charge in [0.2, 0.25) is 0 Å². The summed E-state index contributed by atoms with van der Waals surface area (Å²) in [6.45, 7) is 6.57. The van der Waals surface area contributed by atoms with Gasteiger partial charge in [0.25, 0.3) is 0 Å². The maximum absolute atomic E-state index is 4.85. The van der Waals surface area contributed by atoms with E-state index in [-0.39, 0.29) is 30.0 Å². The first-order valence-corrected chi connectivity index (χ1v) is 10.9. The van der Waals surface area contributed by atoms with Crippen LogP contribution in [0.25, 0.3) is 0 Å². The Morgan fingerprint density at radius 2 is 1.78 bits per heavy atom. The normalized spacial score (nSPS) is 17.0. The highest BCUT2D eigenvalue weighted by Crippen LogP contribution is 2.20. The van der Waals surface area contributed by atoms with Crippen LogP contribution < -0.4 is 15.5 Å². The third kappa shape index (κ3) is 5.99. The number of hydrogen-bond acceptors (Lipinski definition) is 4. The molecule has 0 saturated carbocycles. The molecule has 32 heavy (non-hydrogen) atoms. The van der Waals surface area contributed by atoms with Crippen molar-refractivity contribution in [3.05, 3.63) is 77.9 Å². The van der Waals surface area contributed by atoms with E-state index in [4.69, 9.17) is 4.99 Å². The molecule has 0 aliphatic carbocycles. The van der Waals surface area contributed by atoms with Crippen LogP contribution in [0.5, 0.6) is 0 Å². The van der Waals surface area contributed by atoms with Crippen molar-refractivity contribution in [3.8, 4) is 0 Å². The van der Waals surface area contributed by atoms with E-state index in [0.29, 0.717) is 12.6 Å². The van der Waals surface area contributed by atoms with Gasteiger partial charge in [-0.2, -0.15) is 0 Å². The molecule has 2 atom stereocenters. The van der Waals surface area contributed by atoms with E-state index in [0.717, 1.165) is 37.1 Å². The van der Waals surface area contributed by atoms with Crippen molar-refractivity contribution in [2.45, 2.75) is 38.9 Å². The largest absolute Gasteiger partial charge is 0.369 e. The standard InChI is InChI=1S/C24H31N7.HI/c1-18(20-10-6-4-7-11-20)26-24(25-16-23-29-28-19(2)30(23)3)27-21-14-15-31(17-21)22-12-8-5-9-13-22;/h4-13,18,21H,14-17H2,1-3H3,(H2,25,26,27);1H. The molecule has 1 saturated heterocycles. The van der Waals surface area contributed by atoms with Crippen molar-refractivity contribution in [3.63, 3.8) is 0 Å². The average molecular weight is 545 g/mol. The van der Waals surface area contributed by atoms with Gasteiger partial charge in [0.15, 0.2) is 11.8 Å². The summed E-state index contributed by atoms with van der Waals surface area (Å²) in [6.07, 6.45) is 1.07. The van der Waals surface area contributed by atoms with Gasteiger partial charge in [-0.3, -0.25) is 0 Å². The molecule has 1 aliphatic rings. The first kappa shape index (κ1) is 24.0. The van der Waals surface area contributed by atoms with Crippen LogP contribution in [-0.4, -0.2) is 39.9 Å². The van der Waals surface area contributed by atoms with Gasteiger partial charge in [-0.25, -0.2) is 4.99 Å². The number of aromatic nitrogens is 3. The van der Waals surface area contributed by atoms with Gasteiger partial charge in [-0.15, -0.1) is 34.2 Å². The fraction of sp³-hybridized carbons (Fsp3) is 0.375. The van der Waals surface area contributed by atoms with E-state index in [1.54, 1.807) is 0 Å². The predicted octanol–water partition coefficient (Wildman–Crippen LogP) is 3.82. The highest BCUT2D eigenvalue weighted by atomic mass is 127. The molecule has 1 fully saturated rings. The zero-order chi connectivity index (χ0) is 21.6. The Bertz CT molecular complexity index is 1000. The molecular weight excluding hydrogens is 513 g/mol. The maximum atomic E-state index is 4.85. The molecule has 0 spiro atoms. The van der Waals surface area contributed by atoms with Crippen LogP contribution in [0.1, 0.15) is 36.6 Å². The second-order valence-electron chi connectivity index (χ2n) is 8.08. The minimum atomic E-state index is 0. The Morgan fingerprint density at radius 3 is 2.44 bits per heavy atom. The highest BCUT2D eigenvalue weighted by molar-refractivity contribution is 14.0. The molecule has 1 aromatic heterocycles. The molecule has 1 aliphatic heterocycles. The number of aliphatic imine (C=N–C) groups is 1. The monoisotopic (exact) mass is 545 g/mol. The molecule has 0 radical (unpaired) electrons. The summed E-state index contributed by atoms with van der Waals surface area (Å²) in [5.41, 5.74) is 2.49. The van der Waals surface area contributed by atoms with E-state index in [2.05, 4.69) is 87.3 Å². The lowest BCUT2D eigenvalue weighted by Crippen LogP contribution is -2.45. The number of rotatable bonds is 6. The van der Waals surface area contributed by atoms with Gasteiger partial charge in [-0.1, -0.05) is 48.5 Å². The molecule has 7 nitrogen and oxygen atoms in total. The minimum Gasteiger partial charge on any atom is -0.369 e. The zero-order valence-electron chi connectivity index (χ0n) is 18.9. The number of nitrogens with one attached hydrogen (secondary N) is 2. The summed E-state index contributed by atoms with van der Waals surface area (Å²) in [7, 11) is 1.97. The Kier molecular flexibility index (Phi) is 8.49. The average Bonchev–Trinajstić information content (AvgIpc) is 3.40. The molecule has 0 bridgehead atoms. The minimum absolute atomic E-state index is 0. The summed E-state index contributed by atoms with van der Waals surface area (Å²) >= 11 is 0. The lowest BCUT2D eigenvalue weighted by atomic mass is 10.1. The molecule has 8 heteroatoms. The van der Waals surface area contributed by atoms with E-state index >= 15 is 0 Å². The first-order valence-electron chi connectivity index (χ1n) is 10.9. The summed E-state index contributed by atoms with van der Waals surface area (Å²) < 4.78 is 1.98. The summed E-state index contributed by atoms with van der Waals surface area (Å²) in [5.74, 6) is 2.54. The van der Waals surface area contributed by atoms with E-state index in [9.17, 15) is 0 Å². The number of benzene rings is 2. The van der Waals surface area contributed by atoms with Crippen molar-refractivity contribution in [1.29, 1.82) is 0 Å². The molecule has 170 valence electrons. The van der Waals surface area contributed by atoms with Crippen LogP contribution in [-0.2, 0) is 13.6 Å². The van der Waals surface area contributed by atoms with Crippen LogP contribution in [0.3, 0.4) is 0 Å². The number of aryl methyl sites for hydroxylation is 1. The first-order chi connectivity index (χ1) is 15.1. The Morgan fingerprint density at radius 1 is 1.09 bits per heavy atom. The predicted molar refractivity (Wildman–Crippen MR) is 140 cm³/mol. The van der Waals surface area contributed by atoms with Gasteiger partial charge in [0.05, 0.1) is 6.04 Å². The zero-order valence-corrected chi connectivity index (χ0v) is 21.2. The number of para-hydroxylation sites is 1. The number of hydrogen-bond donors (Lipinski definition) is 2. The van der Waals surface area contributed by atoms with Crippen LogP contribution in [0, 0.1) is 6.92 Å². The fourth-order valence-electron chi connectivity index (χ4n) is 3.85. The van der Waals surface area contributed by atoms with Gasteiger partial charge in [0.1, 0.15) is 12.4 Å². The van der Waals surface area contributed by atoms with Gasteiger partial charge < -0.3 is 20.1 Å². The number of halogens is 1. The quantitative estimate of drug-likeness (QED) is 0.280. The molecule has 0 amide bonds. The Balaban J connectivity index is 0.00000289. The Labute approximate surface area is 207 Å². The summed E-state index contributed by atoms with van der Waals surface area (Å²) in [5, 5.41) is 15.6. The van der Waals surface area contributed by atoms with Gasteiger partial charge >= 0.3 is 0 Å². The lowest BCUT2D eigenvalue weighted by molar-refractivity contribution is 0.617. The van der Waals surface area contributed by atoms with Crippen LogP contribution in [0.15, 0.2) is 65.7 Å². The molecule has 2 unspecified atom stereocenters.